The van der Waals surface area contributed by atoms with Crippen LogP contribution < -0.4 is 0 Å². The number of ether oxygens (including phenoxy) is 2. The summed E-state index contributed by atoms with van der Waals surface area (Å²) in [6.45, 7) is 5.28. The van der Waals surface area contributed by atoms with Gasteiger partial charge in [0, 0.05) is 0 Å². The molecule has 0 unspecified atom stereocenters. The van der Waals surface area contributed by atoms with Crippen LogP contribution in [0.25, 0.3) is 0 Å². The summed E-state index contributed by atoms with van der Waals surface area (Å²) in [5.41, 5.74) is 0.605. The molecule has 1 rings (SSSR count). The number of benzene rings is 1. The van der Waals surface area contributed by atoms with Crippen molar-refractivity contribution in [2.45, 2.75) is 136 Å². The van der Waals surface area contributed by atoms with Crippen LogP contribution in [0.1, 0.15) is 157 Å². The molecule has 0 heterocycles. The molecule has 0 aliphatic heterocycles. The van der Waals surface area contributed by atoms with Crippen LogP contribution in [-0.2, 0) is 9.47 Å². The van der Waals surface area contributed by atoms with Gasteiger partial charge >= 0.3 is 11.9 Å². The normalized spacial score (nSPS) is 10.9. The molecule has 200 valence electrons. The number of carbonyl (C=O) groups excluding carboxylic acids is 2. The smallest absolute Gasteiger partial charge is 0.339 e. The Morgan fingerprint density at radius 2 is 0.771 bits per heavy atom. The van der Waals surface area contributed by atoms with Crippen LogP contribution in [0.3, 0.4) is 0 Å². The van der Waals surface area contributed by atoms with Gasteiger partial charge in [-0.2, -0.15) is 0 Å². The lowest BCUT2D eigenvalue weighted by Gasteiger charge is -2.10. The molecule has 1 aromatic rings. The minimum absolute atomic E-state index is 0.302. The summed E-state index contributed by atoms with van der Waals surface area (Å²) in [5, 5.41) is 0. The average Bonchev–Trinajstić information content (AvgIpc) is 2.88. The Kier molecular flexibility index (Phi) is 20.2. The maximum Gasteiger partial charge on any atom is 0.339 e. The van der Waals surface area contributed by atoms with Gasteiger partial charge in [-0.15, -0.1) is 0 Å². The van der Waals surface area contributed by atoms with Gasteiger partial charge in [0.05, 0.1) is 24.3 Å². The Bertz CT molecular complexity index is 655. The summed E-state index contributed by atoms with van der Waals surface area (Å²) in [4.78, 5) is 25.1. The first-order valence-corrected chi connectivity index (χ1v) is 14.6. The van der Waals surface area contributed by atoms with E-state index in [-0.39, 0.29) is 0 Å². The van der Waals surface area contributed by atoms with Crippen molar-refractivity contribution in [3.8, 4) is 0 Å². The molecule has 1 aromatic carbocycles. The first-order chi connectivity index (χ1) is 17.2. The maximum atomic E-state index is 12.5. The Morgan fingerprint density at radius 1 is 0.486 bits per heavy atom. The Balaban J connectivity index is 2.17. The van der Waals surface area contributed by atoms with Crippen molar-refractivity contribution in [3.05, 3.63) is 35.4 Å². The van der Waals surface area contributed by atoms with Gasteiger partial charge in [-0.3, -0.25) is 0 Å². The van der Waals surface area contributed by atoms with Crippen molar-refractivity contribution in [2.75, 3.05) is 13.2 Å². The van der Waals surface area contributed by atoms with Crippen LogP contribution in [0, 0.1) is 0 Å². The molecule has 0 spiro atoms. The van der Waals surface area contributed by atoms with Gasteiger partial charge in [0.15, 0.2) is 0 Å². The predicted molar refractivity (Wildman–Crippen MR) is 146 cm³/mol. The van der Waals surface area contributed by atoms with Gasteiger partial charge in [0.1, 0.15) is 0 Å². The van der Waals surface area contributed by atoms with Crippen molar-refractivity contribution < 1.29 is 19.1 Å². The second-order valence-corrected chi connectivity index (χ2v) is 9.83. The summed E-state index contributed by atoms with van der Waals surface area (Å²) >= 11 is 0. The van der Waals surface area contributed by atoms with E-state index in [1.54, 1.807) is 24.3 Å². The van der Waals surface area contributed by atoms with E-state index in [9.17, 15) is 9.59 Å². The third kappa shape index (κ3) is 16.5. The van der Waals surface area contributed by atoms with Crippen LogP contribution in [0.5, 0.6) is 0 Å². The van der Waals surface area contributed by atoms with Crippen LogP contribution >= 0.6 is 0 Å². The van der Waals surface area contributed by atoms with Gasteiger partial charge in [0.2, 0.25) is 0 Å². The SMILES string of the molecule is CCCCCCCCCCCCOC(=O)c1ccccc1C(=O)OCCCCCCCCCCC. The fourth-order valence-corrected chi connectivity index (χ4v) is 4.33. The molecule has 0 bridgehead atoms. The van der Waals surface area contributed by atoms with E-state index in [2.05, 4.69) is 13.8 Å². The van der Waals surface area contributed by atoms with Crippen molar-refractivity contribution in [2.24, 2.45) is 0 Å². The molecular weight excluding hydrogens is 436 g/mol. The summed E-state index contributed by atoms with van der Waals surface area (Å²) in [5.74, 6) is -0.868. The number of hydrogen-bond acceptors (Lipinski definition) is 4. The van der Waals surface area contributed by atoms with E-state index in [4.69, 9.17) is 9.47 Å². The van der Waals surface area contributed by atoms with Gasteiger partial charge in [0.25, 0.3) is 0 Å². The fraction of sp³-hybridized carbons (Fsp3) is 0.742. The highest BCUT2D eigenvalue weighted by Crippen LogP contribution is 2.15. The van der Waals surface area contributed by atoms with Crippen molar-refractivity contribution in [1.29, 1.82) is 0 Å². The highest BCUT2D eigenvalue weighted by Gasteiger charge is 2.18. The Labute approximate surface area is 215 Å². The molecule has 0 aromatic heterocycles. The highest BCUT2D eigenvalue weighted by atomic mass is 16.5. The Morgan fingerprint density at radius 3 is 1.09 bits per heavy atom. The van der Waals surface area contributed by atoms with Gasteiger partial charge in [-0.1, -0.05) is 135 Å². The van der Waals surface area contributed by atoms with E-state index in [1.165, 1.54) is 96.3 Å². The number of esters is 2. The quantitative estimate of drug-likeness (QED) is 0.114. The molecule has 0 aliphatic rings. The third-order valence-corrected chi connectivity index (χ3v) is 6.58. The second kappa shape index (κ2) is 22.6. The predicted octanol–water partition coefficient (Wildman–Crippen LogP) is 9.45. The molecule has 4 heteroatoms. The molecule has 0 saturated heterocycles. The van der Waals surface area contributed by atoms with E-state index in [0.29, 0.717) is 24.3 Å². The number of rotatable bonds is 23. The second-order valence-electron chi connectivity index (χ2n) is 9.83. The van der Waals surface area contributed by atoms with Gasteiger partial charge < -0.3 is 9.47 Å². The number of carbonyl (C=O) groups is 2. The average molecular weight is 489 g/mol. The fourth-order valence-electron chi connectivity index (χ4n) is 4.33. The van der Waals surface area contributed by atoms with Crippen molar-refractivity contribution >= 4 is 11.9 Å². The first-order valence-electron chi connectivity index (χ1n) is 14.6. The van der Waals surface area contributed by atoms with Gasteiger partial charge in [-0.05, 0) is 25.0 Å². The molecule has 0 N–H and O–H groups in total. The van der Waals surface area contributed by atoms with E-state index in [0.717, 1.165) is 25.7 Å². The first kappa shape index (κ1) is 31.2. The Hall–Kier alpha value is -1.84. The number of unbranched alkanes of at least 4 members (excludes halogenated alkanes) is 17. The molecule has 0 atom stereocenters. The van der Waals surface area contributed by atoms with Crippen LogP contribution in [0.2, 0.25) is 0 Å². The zero-order chi connectivity index (χ0) is 25.4. The molecule has 0 amide bonds. The summed E-state index contributed by atoms with van der Waals surface area (Å²) in [6, 6.07) is 6.81. The van der Waals surface area contributed by atoms with Crippen LogP contribution in [-0.4, -0.2) is 25.2 Å². The third-order valence-electron chi connectivity index (χ3n) is 6.58. The minimum Gasteiger partial charge on any atom is -0.462 e. The minimum atomic E-state index is -0.434. The van der Waals surface area contributed by atoms with E-state index >= 15 is 0 Å². The molecule has 35 heavy (non-hydrogen) atoms. The zero-order valence-electron chi connectivity index (χ0n) is 22.8. The maximum absolute atomic E-state index is 12.5. The van der Waals surface area contributed by atoms with Gasteiger partial charge in [-0.25, -0.2) is 9.59 Å². The number of hydrogen-bond donors (Lipinski definition) is 0. The largest absolute Gasteiger partial charge is 0.462 e. The summed E-state index contributed by atoms with van der Waals surface area (Å²) < 4.78 is 10.9. The topological polar surface area (TPSA) is 52.6 Å². The summed E-state index contributed by atoms with van der Waals surface area (Å²) in [6.07, 6.45) is 23.4. The zero-order valence-corrected chi connectivity index (χ0v) is 22.8. The standard InChI is InChI=1S/C31H52O4/c1-3-5-7-9-11-13-15-17-19-23-27-35-31(33)29-25-21-20-24-28(29)30(32)34-26-22-18-16-14-12-10-8-6-4-2/h20-21,24-25H,3-19,22-23,26-27H2,1-2H3. The molecule has 4 nitrogen and oxygen atoms in total. The molecular formula is C31H52O4. The lowest BCUT2D eigenvalue weighted by molar-refractivity contribution is 0.0450. The van der Waals surface area contributed by atoms with Crippen LogP contribution in [0.15, 0.2) is 24.3 Å². The van der Waals surface area contributed by atoms with Crippen LogP contribution in [0.4, 0.5) is 0 Å². The van der Waals surface area contributed by atoms with Crippen molar-refractivity contribution in [3.63, 3.8) is 0 Å². The molecule has 0 fully saturated rings. The lowest BCUT2D eigenvalue weighted by atomic mass is 10.1. The summed E-state index contributed by atoms with van der Waals surface area (Å²) in [7, 11) is 0. The molecule has 0 saturated carbocycles. The molecule has 0 radical (unpaired) electrons. The van der Waals surface area contributed by atoms with Crippen molar-refractivity contribution in [1.82, 2.24) is 0 Å². The highest BCUT2D eigenvalue weighted by molar-refractivity contribution is 6.03. The lowest BCUT2D eigenvalue weighted by Crippen LogP contribution is -2.15. The molecule has 0 aliphatic carbocycles. The van der Waals surface area contributed by atoms with E-state index < -0.39 is 11.9 Å². The monoisotopic (exact) mass is 488 g/mol. The van der Waals surface area contributed by atoms with E-state index in [1.807, 2.05) is 0 Å².